The Morgan fingerprint density at radius 2 is 0.796 bits per heavy atom. The van der Waals surface area contributed by atoms with Gasteiger partial charge in [-0.15, -0.1) is 0 Å². The number of para-hydroxylation sites is 2. The molecule has 0 bridgehead atoms. The number of nitrogens with one attached hydrogen (secondary N) is 2. The van der Waals surface area contributed by atoms with Crippen molar-refractivity contribution in [2.75, 3.05) is 30.4 Å². The molecular formula is C47H51N4P3. The molecule has 1 atom stereocenters. The molecule has 1 unspecified atom stereocenters. The fourth-order valence-electron chi connectivity index (χ4n) is 6.48. The lowest BCUT2D eigenvalue weighted by atomic mass is 10.1. The smallest absolute Gasteiger partial charge is 0.133 e. The molecule has 0 fully saturated rings. The van der Waals surface area contributed by atoms with Crippen LogP contribution in [0.1, 0.15) is 36.0 Å². The molecule has 0 amide bonds. The van der Waals surface area contributed by atoms with Gasteiger partial charge in [-0.2, -0.15) is 0 Å². The average Bonchev–Trinajstić information content (AvgIpc) is 3.21. The molecule has 6 rings (SSSR count). The maximum atomic E-state index is 5.40. The zero-order valence-corrected chi connectivity index (χ0v) is 34.6. The number of aryl methyl sites for hydroxylation is 3. The number of aliphatic imine (C=N–C) groups is 2. The molecule has 6 aromatic rings. The maximum Gasteiger partial charge on any atom is 0.133 e. The molecule has 7 heteroatoms. The van der Waals surface area contributed by atoms with Gasteiger partial charge in [0.15, 0.2) is 0 Å². The van der Waals surface area contributed by atoms with E-state index in [9.17, 15) is 0 Å². The molecule has 0 saturated heterocycles. The van der Waals surface area contributed by atoms with Gasteiger partial charge in [0, 0.05) is 34.6 Å². The summed E-state index contributed by atoms with van der Waals surface area (Å²) in [6.45, 7) is 10.3. The van der Waals surface area contributed by atoms with Crippen LogP contribution in [0.2, 0.25) is 0 Å². The summed E-state index contributed by atoms with van der Waals surface area (Å²) in [5, 5.41) is 14.3. The van der Waals surface area contributed by atoms with Gasteiger partial charge in [0.25, 0.3) is 0 Å². The minimum Gasteiger partial charge on any atom is -0.339 e. The molecule has 54 heavy (non-hydrogen) atoms. The zero-order valence-electron chi connectivity index (χ0n) is 31.8. The molecule has 0 spiro atoms. The Balaban J connectivity index is 1.24. The van der Waals surface area contributed by atoms with E-state index >= 15 is 0 Å². The minimum atomic E-state index is -0.872. The van der Waals surface area contributed by atoms with Crippen molar-refractivity contribution in [1.29, 1.82) is 0 Å². The predicted molar refractivity (Wildman–Crippen MR) is 245 cm³/mol. The van der Waals surface area contributed by atoms with Crippen LogP contribution in [0.3, 0.4) is 0 Å². The Hall–Kier alpha value is -4.45. The summed E-state index contributed by atoms with van der Waals surface area (Å²) < 4.78 is 0. The highest BCUT2D eigenvalue weighted by molar-refractivity contribution is 7.88. The lowest BCUT2D eigenvalue weighted by molar-refractivity contribution is 0.697. The fourth-order valence-corrected chi connectivity index (χ4v) is 11.6. The van der Waals surface area contributed by atoms with Crippen LogP contribution in [0, 0.1) is 20.8 Å². The van der Waals surface area contributed by atoms with Gasteiger partial charge in [-0.1, -0.05) is 166 Å². The van der Waals surface area contributed by atoms with E-state index in [-0.39, 0.29) is 0 Å². The first-order chi connectivity index (χ1) is 26.5. The molecular weight excluding hydrogens is 713 g/mol. The second-order valence-corrected chi connectivity index (χ2v) is 18.5. The maximum absolute atomic E-state index is 5.40. The van der Waals surface area contributed by atoms with Crippen LogP contribution in [-0.4, -0.2) is 30.9 Å². The summed E-state index contributed by atoms with van der Waals surface area (Å²) in [6, 6.07) is 56.5. The van der Waals surface area contributed by atoms with E-state index in [2.05, 4.69) is 196 Å². The molecule has 2 N–H and O–H groups in total. The van der Waals surface area contributed by atoms with E-state index in [0.29, 0.717) is 8.58 Å². The Bertz CT molecular complexity index is 2020. The van der Waals surface area contributed by atoms with Crippen molar-refractivity contribution in [3.63, 3.8) is 0 Å². The summed E-state index contributed by atoms with van der Waals surface area (Å²) in [4.78, 5) is 10.8. The number of anilines is 2. The van der Waals surface area contributed by atoms with Crippen molar-refractivity contribution >= 4 is 73.5 Å². The van der Waals surface area contributed by atoms with Gasteiger partial charge in [-0.05, 0) is 89.9 Å². The third-order valence-electron chi connectivity index (χ3n) is 9.32. The van der Waals surface area contributed by atoms with Gasteiger partial charge in [-0.3, -0.25) is 9.98 Å². The number of hydrogen-bond acceptors (Lipinski definition) is 2. The molecule has 4 nitrogen and oxygen atoms in total. The average molecular weight is 765 g/mol. The van der Waals surface area contributed by atoms with Crippen LogP contribution in [0.4, 0.5) is 11.4 Å². The van der Waals surface area contributed by atoms with Gasteiger partial charge in [0.2, 0.25) is 0 Å². The van der Waals surface area contributed by atoms with Gasteiger partial charge < -0.3 is 10.6 Å². The van der Waals surface area contributed by atoms with Crippen molar-refractivity contribution in [2.45, 2.75) is 40.0 Å². The molecule has 274 valence electrons. The summed E-state index contributed by atoms with van der Waals surface area (Å²) >= 11 is 0. The first-order valence-electron chi connectivity index (χ1n) is 18.8. The van der Waals surface area contributed by atoms with E-state index in [0.717, 1.165) is 49.2 Å². The largest absolute Gasteiger partial charge is 0.339 e. The van der Waals surface area contributed by atoms with E-state index < -0.39 is 15.8 Å². The quantitative estimate of drug-likeness (QED) is 0.0474. The number of nitrogens with zero attached hydrogens (tertiary/aromatic N) is 2. The normalized spacial score (nSPS) is 12.2. The lowest BCUT2D eigenvalue weighted by Gasteiger charge is -2.24. The molecule has 0 heterocycles. The Labute approximate surface area is 327 Å². The minimum absolute atomic E-state index is 0.693. The molecule has 0 saturated carbocycles. The highest BCUT2D eigenvalue weighted by atomic mass is 31.1. The topological polar surface area (TPSA) is 48.8 Å². The SMILES string of the molecule is CPc1cccc(C)c1NC(=NCCCCCN=C(Nc1c(C)cccc1C)P(c1ccccc1)c1ccccc1)P(c1ccccc1)c1ccccc1. The second-order valence-electron chi connectivity index (χ2n) is 13.2. The number of unbranched alkanes of at least 4 members (excludes halogenated alkanes) is 2. The van der Waals surface area contributed by atoms with Gasteiger partial charge >= 0.3 is 0 Å². The summed E-state index contributed by atoms with van der Waals surface area (Å²) in [5.74, 6) is 0. The monoisotopic (exact) mass is 764 g/mol. The van der Waals surface area contributed by atoms with Gasteiger partial charge in [0.1, 0.15) is 11.2 Å². The van der Waals surface area contributed by atoms with Crippen molar-refractivity contribution in [3.05, 3.63) is 174 Å². The summed E-state index contributed by atoms with van der Waals surface area (Å²) in [5.41, 5.74) is 8.16. The Morgan fingerprint density at radius 1 is 0.444 bits per heavy atom. The molecule has 0 radical (unpaired) electrons. The fraction of sp³-hybridized carbons (Fsp3) is 0.191. The molecule has 0 aliphatic carbocycles. The molecule has 0 aromatic heterocycles. The first-order valence-corrected chi connectivity index (χ1v) is 23.0. The first kappa shape index (κ1) is 39.2. The van der Waals surface area contributed by atoms with Crippen LogP contribution in [0.25, 0.3) is 0 Å². The van der Waals surface area contributed by atoms with E-state index in [1.165, 1.54) is 48.9 Å². The van der Waals surface area contributed by atoms with E-state index in [1.54, 1.807) is 0 Å². The number of benzene rings is 6. The van der Waals surface area contributed by atoms with Crippen LogP contribution < -0.4 is 37.2 Å². The van der Waals surface area contributed by atoms with E-state index in [1.807, 2.05) is 0 Å². The zero-order chi connectivity index (χ0) is 37.5. The molecule has 0 aliphatic rings. The third-order valence-corrected chi connectivity index (χ3v) is 14.9. The van der Waals surface area contributed by atoms with Crippen molar-refractivity contribution in [1.82, 2.24) is 0 Å². The van der Waals surface area contributed by atoms with Crippen molar-refractivity contribution in [3.8, 4) is 0 Å². The van der Waals surface area contributed by atoms with Crippen LogP contribution >= 0.6 is 24.4 Å². The highest BCUT2D eigenvalue weighted by Gasteiger charge is 2.23. The van der Waals surface area contributed by atoms with Gasteiger partial charge in [-0.25, -0.2) is 0 Å². The van der Waals surface area contributed by atoms with Crippen molar-refractivity contribution in [2.24, 2.45) is 9.98 Å². The van der Waals surface area contributed by atoms with Gasteiger partial charge in [0.05, 0.1) is 5.69 Å². The standard InChI is InChI=1S/C47H51N4P3/c1-36-22-20-23-37(2)44(36)50-46(53(39-25-10-5-11-26-39)40-27-12-6-13-28-40)48-34-18-9-19-35-49-47(51-45-38(3)24-21-33-43(45)52-4)54(41-29-14-7-15-30-41)42-31-16-8-17-32-42/h5-8,10-17,20-33,52H,9,18-19,34-35H2,1-4H3,(H,48,50)(H,49,51). The Morgan fingerprint density at radius 3 is 1.19 bits per heavy atom. The molecule has 0 aliphatic heterocycles. The van der Waals surface area contributed by atoms with Crippen LogP contribution in [-0.2, 0) is 0 Å². The summed E-state index contributed by atoms with van der Waals surface area (Å²) in [7, 11) is -1.05. The number of hydrogen-bond donors (Lipinski definition) is 2. The number of amidine groups is 2. The van der Waals surface area contributed by atoms with Crippen LogP contribution in [0.15, 0.2) is 168 Å². The predicted octanol–water partition coefficient (Wildman–Crippen LogP) is 10.2. The van der Waals surface area contributed by atoms with E-state index in [4.69, 9.17) is 9.98 Å². The Kier molecular flexibility index (Phi) is 14.7. The molecule has 6 aromatic carbocycles. The highest BCUT2D eigenvalue weighted by Crippen LogP contribution is 2.38. The van der Waals surface area contributed by atoms with Crippen LogP contribution in [0.5, 0.6) is 0 Å². The lowest BCUT2D eigenvalue weighted by Crippen LogP contribution is -2.26. The second kappa shape index (κ2) is 20.3. The van der Waals surface area contributed by atoms with Crippen molar-refractivity contribution < 1.29 is 0 Å². The summed E-state index contributed by atoms with van der Waals surface area (Å²) in [6.07, 6.45) is 3.04. The number of rotatable bonds is 15. The third kappa shape index (κ3) is 10.4.